The second-order valence-corrected chi connectivity index (χ2v) is 8.05. The summed E-state index contributed by atoms with van der Waals surface area (Å²) in [4.78, 5) is 7.32. The molecule has 4 heteroatoms. The Balaban J connectivity index is 1.79. The molecular weight excluding hydrogens is 370 g/mol. The van der Waals surface area contributed by atoms with Gasteiger partial charge in [-0.2, -0.15) is 0 Å². The van der Waals surface area contributed by atoms with Crippen LogP contribution in [0.2, 0.25) is 0 Å². The van der Waals surface area contributed by atoms with Gasteiger partial charge in [-0.05, 0) is 44.0 Å². The monoisotopic (exact) mass is 401 g/mol. The minimum Gasteiger partial charge on any atom is -0.494 e. The molecule has 1 fully saturated rings. The number of rotatable bonds is 7. The molecule has 0 bridgehead atoms. The van der Waals surface area contributed by atoms with E-state index in [0.29, 0.717) is 6.04 Å². The number of likely N-dealkylation sites (tertiary alicyclic amines) is 1. The largest absolute Gasteiger partial charge is 0.494 e. The van der Waals surface area contributed by atoms with Crippen molar-refractivity contribution in [3.8, 4) is 5.75 Å². The molecule has 30 heavy (non-hydrogen) atoms. The third kappa shape index (κ3) is 4.19. The Kier molecular flexibility index (Phi) is 6.34. The van der Waals surface area contributed by atoms with Crippen LogP contribution in [0.25, 0.3) is 10.9 Å². The van der Waals surface area contributed by atoms with E-state index in [0.717, 1.165) is 41.1 Å². The second-order valence-electron chi connectivity index (χ2n) is 8.05. The lowest BCUT2D eigenvalue weighted by Crippen LogP contribution is -2.45. The van der Waals surface area contributed by atoms with Crippen LogP contribution in [0.15, 0.2) is 67.3 Å². The quantitative estimate of drug-likeness (QED) is 0.512. The van der Waals surface area contributed by atoms with E-state index in [2.05, 4.69) is 59.3 Å². The molecule has 2 atom stereocenters. The van der Waals surface area contributed by atoms with Crippen molar-refractivity contribution in [2.45, 2.75) is 38.3 Å². The summed E-state index contributed by atoms with van der Waals surface area (Å²) in [6, 6.07) is 19.7. The van der Waals surface area contributed by atoms with Gasteiger partial charge in [0.15, 0.2) is 0 Å². The summed E-state index contributed by atoms with van der Waals surface area (Å²) in [6.07, 6.45) is 5.70. The predicted octanol–water partition coefficient (Wildman–Crippen LogP) is 5.75. The van der Waals surface area contributed by atoms with Crippen LogP contribution in [0.4, 0.5) is 5.69 Å². The molecule has 4 rings (SSSR count). The van der Waals surface area contributed by atoms with E-state index in [1.807, 2.05) is 25.1 Å². The number of nitrogens with zero attached hydrogens (tertiary/aromatic N) is 2. The van der Waals surface area contributed by atoms with Crippen LogP contribution < -0.4 is 10.1 Å². The molecular formula is C26H31N3O. The van der Waals surface area contributed by atoms with E-state index in [1.54, 1.807) is 7.11 Å². The number of ether oxygens (including phenoxy) is 1. The number of pyridine rings is 1. The van der Waals surface area contributed by atoms with Gasteiger partial charge < -0.3 is 10.1 Å². The van der Waals surface area contributed by atoms with E-state index in [1.165, 1.54) is 24.8 Å². The number of hydrogen-bond donors (Lipinski definition) is 1. The minimum absolute atomic E-state index is 0.183. The van der Waals surface area contributed by atoms with Crippen LogP contribution >= 0.6 is 0 Å². The highest BCUT2D eigenvalue weighted by Gasteiger charge is 2.30. The SMILES string of the molecule is C=CCN1CCCC[C@H]1[C@@H](Nc1cc(C)nc2c(OC)cccc12)c1ccccc1. The third-order valence-corrected chi connectivity index (χ3v) is 6.03. The number of nitrogens with one attached hydrogen (secondary N) is 1. The van der Waals surface area contributed by atoms with Crippen molar-refractivity contribution in [1.82, 2.24) is 9.88 Å². The second kappa shape index (κ2) is 9.31. The highest BCUT2D eigenvalue weighted by Crippen LogP contribution is 2.36. The van der Waals surface area contributed by atoms with Crippen molar-refractivity contribution < 1.29 is 4.74 Å². The Morgan fingerprint density at radius 2 is 2.03 bits per heavy atom. The molecule has 0 spiro atoms. The van der Waals surface area contributed by atoms with E-state index in [9.17, 15) is 0 Å². The van der Waals surface area contributed by atoms with Gasteiger partial charge >= 0.3 is 0 Å². The fourth-order valence-corrected chi connectivity index (χ4v) is 4.65. The molecule has 0 radical (unpaired) electrons. The van der Waals surface area contributed by atoms with Crippen LogP contribution in [-0.2, 0) is 0 Å². The Hall–Kier alpha value is -2.85. The number of aromatic nitrogens is 1. The molecule has 2 aromatic carbocycles. The van der Waals surface area contributed by atoms with Crippen LogP contribution in [-0.4, -0.2) is 36.1 Å². The smallest absolute Gasteiger partial charge is 0.145 e. The molecule has 0 aliphatic carbocycles. The van der Waals surface area contributed by atoms with Gasteiger partial charge in [-0.1, -0.05) is 55.0 Å². The topological polar surface area (TPSA) is 37.4 Å². The molecule has 0 unspecified atom stereocenters. The van der Waals surface area contributed by atoms with E-state index < -0.39 is 0 Å². The zero-order valence-corrected chi connectivity index (χ0v) is 18.0. The average Bonchev–Trinajstić information content (AvgIpc) is 2.78. The fraction of sp³-hybridized carbons (Fsp3) is 0.346. The van der Waals surface area contributed by atoms with E-state index >= 15 is 0 Å². The normalized spacial score (nSPS) is 18.1. The van der Waals surface area contributed by atoms with Gasteiger partial charge in [0.1, 0.15) is 11.3 Å². The number of benzene rings is 2. The summed E-state index contributed by atoms with van der Waals surface area (Å²) in [6.45, 7) is 8.07. The zero-order valence-electron chi connectivity index (χ0n) is 18.0. The van der Waals surface area contributed by atoms with Gasteiger partial charge in [-0.3, -0.25) is 4.90 Å². The first-order chi connectivity index (χ1) is 14.7. The molecule has 1 N–H and O–H groups in total. The van der Waals surface area contributed by atoms with Crippen LogP contribution in [0.5, 0.6) is 5.75 Å². The maximum atomic E-state index is 5.58. The number of anilines is 1. The molecule has 2 heterocycles. The molecule has 1 aliphatic rings. The zero-order chi connectivity index (χ0) is 20.9. The van der Waals surface area contributed by atoms with Crippen molar-refractivity contribution in [2.24, 2.45) is 0 Å². The minimum atomic E-state index is 0.183. The molecule has 1 saturated heterocycles. The van der Waals surface area contributed by atoms with Crippen molar-refractivity contribution >= 4 is 16.6 Å². The maximum Gasteiger partial charge on any atom is 0.145 e. The highest BCUT2D eigenvalue weighted by atomic mass is 16.5. The first-order valence-electron chi connectivity index (χ1n) is 10.8. The summed E-state index contributed by atoms with van der Waals surface area (Å²) in [5.74, 6) is 0.807. The molecule has 1 aromatic heterocycles. The first-order valence-corrected chi connectivity index (χ1v) is 10.8. The Labute approximate surface area is 179 Å². The molecule has 156 valence electrons. The number of para-hydroxylation sites is 1. The van der Waals surface area contributed by atoms with Crippen molar-refractivity contribution in [3.63, 3.8) is 0 Å². The van der Waals surface area contributed by atoms with Gasteiger partial charge in [0.05, 0.1) is 13.2 Å². The lowest BCUT2D eigenvalue weighted by molar-refractivity contribution is 0.147. The van der Waals surface area contributed by atoms with Gasteiger partial charge in [0.25, 0.3) is 0 Å². The fourth-order valence-electron chi connectivity index (χ4n) is 4.65. The van der Waals surface area contributed by atoms with Crippen LogP contribution in [0, 0.1) is 6.92 Å². The summed E-state index contributed by atoms with van der Waals surface area (Å²) >= 11 is 0. The number of aryl methyl sites for hydroxylation is 1. The van der Waals surface area contributed by atoms with Gasteiger partial charge in [0.2, 0.25) is 0 Å². The summed E-state index contributed by atoms with van der Waals surface area (Å²) in [5.41, 5.74) is 4.30. The van der Waals surface area contributed by atoms with Crippen molar-refractivity contribution in [2.75, 3.05) is 25.5 Å². The van der Waals surface area contributed by atoms with Crippen molar-refractivity contribution in [3.05, 3.63) is 78.5 Å². The number of piperidine rings is 1. The van der Waals surface area contributed by atoms with Gasteiger partial charge in [0, 0.05) is 29.4 Å². The third-order valence-electron chi connectivity index (χ3n) is 6.03. The Morgan fingerprint density at radius 3 is 2.80 bits per heavy atom. The molecule has 3 aromatic rings. The number of methoxy groups -OCH3 is 1. The summed E-state index contributed by atoms with van der Waals surface area (Å²) in [7, 11) is 1.70. The molecule has 0 amide bonds. The Bertz CT molecular complexity index is 1000. The first kappa shape index (κ1) is 20.4. The standard InChI is InChI=1S/C26H31N3O/c1-4-16-29-17-9-8-14-23(29)25(20-11-6-5-7-12-20)28-22-18-19(2)27-26-21(22)13-10-15-24(26)30-3/h4-7,10-13,15,18,23,25H,1,8-9,14,16-17H2,2-3H3,(H,27,28)/t23-,25-/m0/s1. The van der Waals surface area contributed by atoms with Crippen molar-refractivity contribution in [1.29, 1.82) is 0 Å². The maximum absolute atomic E-state index is 5.58. The van der Waals surface area contributed by atoms with Crippen LogP contribution in [0.3, 0.4) is 0 Å². The molecule has 4 nitrogen and oxygen atoms in total. The van der Waals surface area contributed by atoms with Gasteiger partial charge in [-0.25, -0.2) is 4.98 Å². The Morgan fingerprint density at radius 1 is 1.20 bits per heavy atom. The van der Waals surface area contributed by atoms with Gasteiger partial charge in [-0.15, -0.1) is 6.58 Å². The number of fused-ring (bicyclic) bond motifs is 1. The number of hydrogen-bond acceptors (Lipinski definition) is 4. The van der Waals surface area contributed by atoms with E-state index in [4.69, 9.17) is 9.72 Å². The average molecular weight is 402 g/mol. The van der Waals surface area contributed by atoms with Crippen LogP contribution in [0.1, 0.15) is 36.6 Å². The molecule has 0 saturated carbocycles. The highest BCUT2D eigenvalue weighted by molar-refractivity contribution is 5.95. The lowest BCUT2D eigenvalue weighted by Gasteiger charge is -2.41. The molecule has 1 aliphatic heterocycles. The lowest BCUT2D eigenvalue weighted by atomic mass is 9.90. The predicted molar refractivity (Wildman–Crippen MR) is 125 cm³/mol. The summed E-state index contributed by atoms with van der Waals surface area (Å²) < 4.78 is 5.58. The van der Waals surface area contributed by atoms with E-state index in [-0.39, 0.29) is 6.04 Å². The summed E-state index contributed by atoms with van der Waals surface area (Å²) in [5, 5.41) is 5.01.